The van der Waals surface area contributed by atoms with Crippen LogP contribution in [-0.2, 0) is 6.18 Å². The highest BCUT2D eigenvalue weighted by Gasteiger charge is 2.32. The molecule has 0 bridgehead atoms. The lowest BCUT2D eigenvalue weighted by atomic mass is 9.85. The van der Waals surface area contributed by atoms with Gasteiger partial charge in [0, 0.05) is 12.2 Å². The van der Waals surface area contributed by atoms with Gasteiger partial charge in [-0.3, -0.25) is 0 Å². The minimum absolute atomic E-state index is 0.0331. The third kappa shape index (κ3) is 4.52. The molecule has 1 unspecified atom stereocenters. The third-order valence-electron chi connectivity index (χ3n) is 2.98. The van der Waals surface area contributed by atoms with Gasteiger partial charge in [-0.05, 0) is 24.4 Å². The number of anilines is 1. The van der Waals surface area contributed by atoms with Gasteiger partial charge in [0.25, 0.3) is 0 Å². The Labute approximate surface area is 121 Å². The average molecular weight is 310 g/mol. The number of alkyl halides is 3. The normalized spacial score (nSPS) is 14.2. The van der Waals surface area contributed by atoms with Crippen molar-refractivity contribution in [3.05, 3.63) is 22.8 Å². The maximum Gasteiger partial charge on any atom is 0.417 e. The molecule has 0 radical (unpaired) electrons. The highest BCUT2D eigenvalue weighted by atomic mass is 35.5. The van der Waals surface area contributed by atoms with Gasteiger partial charge in [-0.1, -0.05) is 32.4 Å². The fraction of sp³-hybridized carbons (Fsp3) is 0.615. The number of hydrogen-bond donors (Lipinski definition) is 2. The lowest BCUT2D eigenvalue weighted by molar-refractivity contribution is -0.137. The molecule has 20 heavy (non-hydrogen) atoms. The fourth-order valence-electron chi connectivity index (χ4n) is 1.75. The first-order valence-corrected chi connectivity index (χ1v) is 6.63. The van der Waals surface area contributed by atoms with E-state index in [1.54, 1.807) is 0 Å². The number of hydrogen-bond acceptors (Lipinski definition) is 3. The Morgan fingerprint density at radius 2 is 1.95 bits per heavy atom. The third-order valence-corrected chi connectivity index (χ3v) is 3.27. The van der Waals surface area contributed by atoms with Gasteiger partial charge in [0.2, 0.25) is 0 Å². The maximum atomic E-state index is 12.5. The summed E-state index contributed by atoms with van der Waals surface area (Å²) < 4.78 is 37.6. The van der Waals surface area contributed by atoms with E-state index in [4.69, 9.17) is 17.3 Å². The van der Waals surface area contributed by atoms with Gasteiger partial charge in [-0.2, -0.15) is 13.2 Å². The van der Waals surface area contributed by atoms with Crippen LogP contribution in [0.15, 0.2) is 12.3 Å². The maximum absolute atomic E-state index is 12.5. The molecular formula is C13H19ClF3N3. The molecule has 0 aromatic carbocycles. The zero-order valence-electron chi connectivity index (χ0n) is 11.7. The molecule has 0 saturated carbocycles. The van der Waals surface area contributed by atoms with E-state index >= 15 is 0 Å². The van der Waals surface area contributed by atoms with Gasteiger partial charge in [0.05, 0.1) is 10.6 Å². The molecule has 0 aliphatic rings. The molecule has 0 aliphatic heterocycles. The van der Waals surface area contributed by atoms with Crippen molar-refractivity contribution in [2.45, 2.75) is 39.4 Å². The summed E-state index contributed by atoms with van der Waals surface area (Å²) in [4.78, 5) is 3.78. The molecule has 1 atom stereocenters. The first-order chi connectivity index (χ1) is 9.05. The van der Waals surface area contributed by atoms with Crippen molar-refractivity contribution in [2.24, 2.45) is 11.1 Å². The van der Waals surface area contributed by atoms with Gasteiger partial charge >= 0.3 is 6.18 Å². The van der Waals surface area contributed by atoms with E-state index in [1.807, 2.05) is 20.8 Å². The molecule has 1 heterocycles. The largest absolute Gasteiger partial charge is 0.417 e. The second kappa shape index (κ2) is 6.18. The predicted molar refractivity (Wildman–Crippen MR) is 74.8 cm³/mol. The molecule has 7 heteroatoms. The SMILES string of the molecule is CC(C)(C)C(CCN)Nc1ncc(C(F)(F)F)cc1Cl. The molecule has 1 aromatic rings. The van der Waals surface area contributed by atoms with Crippen LogP contribution < -0.4 is 11.1 Å². The van der Waals surface area contributed by atoms with E-state index in [1.165, 1.54) is 0 Å². The Balaban J connectivity index is 2.98. The van der Waals surface area contributed by atoms with Gasteiger partial charge < -0.3 is 11.1 Å². The van der Waals surface area contributed by atoms with E-state index in [-0.39, 0.29) is 22.3 Å². The molecular weight excluding hydrogens is 291 g/mol. The van der Waals surface area contributed by atoms with Crippen LogP contribution in [0.1, 0.15) is 32.8 Å². The fourth-order valence-corrected chi connectivity index (χ4v) is 1.97. The van der Waals surface area contributed by atoms with Crippen molar-refractivity contribution >= 4 is 17.4 Å². The van der Waals surface area contributed by atoms with Crippen LogP contribution in [-0.4, -0.2) is 17.6 Å². The van der Waals surface area contributed by atoms with E-state index in [0.717, 1.165) is 12.3 Å². The van der Waals surface area contributed by atoms with E-state index in [2.05, 4.69) is 10.3 Å². The van der Waals surface area contributed by atoms with Crippen molar-refractivity contribution in [3.8, 4) is 0 Å². The molecule has 3 nitrogen and oxygen atoms in total. The Bertz CT molecular complexity index is 455. The number of aromatic nitrogens is 1. The van der Waals surface area contributed by atoms with Gasteiger partial charge in [0.15, 0.2) is 0 Å². The molecule has 3 N–H and O–H groups in total. The highest BCUT2D eigenvalue weighted by Crippen LogP contribution is 2.33. The first kappa shape index (κ1) is 17.0. The Morgan fingerprint density at radius 3 is 2.35 bits per heavy atom. The monoisotopic (exact) mass is 309 g/mol. The van der Waals surface area contributed by atoms with Crippen molar-refractivity contribution in [3.63, 3.8) is 0 Å². The average Bonchev–Trinajstić information content (AvgIpc) is 2.28. The summed E-state index contributed by atoms with van der Waals surface area (Å²) >= 11 is 5.87. The summed E-state index contributed by atoms with van der Waals surface area (Å²) in [6.45, 7) is 6.50. The van der Waals surface area contributed by atoms with Gasteiger partial charge in [-0.15, -0.1) is 0 Å². The molecule has 1 rings (SSSR count). The number of nitrogens with zero attached hydrogens (tertiary/aromatic N) is 1. The van der Waals surface area contributed by atoms with Crippen molar-refractivity contribution in [2.75, 3.05) is 11.9 Å². The summed E-state index contributed by atoms with van der Waals surface area (Å²) in [6, 6.07) is 0.841. The number of pyridine rings is 1. The second-order valence-corrected chi connectivity index (χ2v) is 6.10. The van der Waals surface area contributed by atoms with Crippen LogP contribution in [0.3, 0.4) is 0 Å². The minimum atomic E-state index is -4.45. The zero-order valence-corrected chi connectivity index (χ0v) is 12.4. The molecule has 0 fully saturated rings. The number of nitrogens with one attached hydrogen (secondary N) is 1. The Kier molecular flexibility index (Phi) is 5.27. The topological polar surface area (TPSA) is 50.9 Å². The molecule has 114 valence electrons. The number of nitrogens with two attached hydrogens (primary N) is 1. The second-order valence-electron chi connectivity index (χ2n) is 5.69. The van der Waals surface area contributed by atoms with E-state index < -0.39 is 11.7 Å². The summed E-state index contributed by atoms with van der Waals surface area (Å²) in [5.41, 5.74) is 4.58. The lowest BCUT2D eigenvalue weighted by Gasteiger charge is -2.32. The molecule has 0 saturated heterocycles. The van der Waals surface area contributed by atoms with Crippen molar-refractivity contribution < 1.29 is 13.2 Å². The first-order valence-electron chi connectivity index (χ1n) is 6.25. The van der Waals surface area contributed by atoms with Crippen LogP contribution in [0.25, 0.3) is 0 Å². The van der Waals surface area contributed by atoms with Gasteiger partial charge in [-0.25, -0.2) is 4.98 Å². The predicted octanol–water partition coefficient (Wildman–Crippen LogP) is 3.93. The highest BCUT2D eigenvalue weighted by molar-refractivity contribution is 6.33. The van der Waals surface area contributed by atoms with Crippen molar-refractivity contribution in [1.82, 2.24) is 4.98 Å². The summed E-state index contributed by atoms with van der Waals surface area (Å²) in [6.07, 6.45) is -3.01. The summed E-state index contributed by atoms with van der Waals surface area (Å²) in [5, 5.41) is 3.03. The van der Waals surface area contributed by atoms with Gasteiger partial charge in [0.1, 0.15) is 5.82 Å². The molecule has 1 aromatic heterocycles. The van der Waals surface area contributed by atoms with Crippen LogP contribution in [0.5, 0.6) is 0 Å². The quantitative estimate of drug-likeness (QED) is 0.886. The van der Waals surface area contributed by atoms with Crippen LogP contribution in [0, 0.1) is 5.41 Å². The van der Waals surface area contributed by atoms with Crippen molar-refractivity contribution in [1.29, 1.82) is 0 Å². The molecule has 0 aliphatic carbocycles. The number of rotatable bonds is 4. The van der Waals surface area contributed by atoms with Crippen LogP contribution >= 0.6 is 11.6 Å². The number of halogens is 4. The zero-order chi connectivity index (χ0) is 15.6. The van der Waals surface area contributed by atoms with E-state index in [0.29, 0.717) is 13.0 Å². The van der Waals surface area contributed by atoms with Crippen LogP contribution in [0.2, 0.25) is 5.02 Å². The van der Waals surface area contributed by atoms with Crippen LogP contribution in [0.4, 0.5) is 19.0 Å². The smallest absolute Gasteiger partial charge is 0.366 e. The molecule has 0 spiro atoms. The van der Waals surface area contributed by atoms with E-state index in [9.17, 15) is 13.2 Å². The summed E-state index contributed by atoms with van der Waals surface area (Å²) in [5.74, 6) is 0.244. The lowest BCUT2D eigenvalue weighted by Crippen LogP contribution is -2.36. The summed E-state index contributed by atoms with van der Waals surface area (Å²) in [7, 11) is 0. The Hall–Kier alpha value is -1.01. The Morgan fingerprint density at radius 1 is 1.35 bits per heavy atom. The molecule has 0 amide bonds. The standard InChI is InChI=1S/C13H19ClF3N3/c1-12(2,3)10(4-5-18)20-11-9(14)6-8(7-19-11)13(15,16)17/h6-7,10H,4-5,18H2,1-3H3,(H,19,20). The minimum Gasteiger partial charge on any atom is -0.366 e.